The molecule has 0 aliphatic rings. The van der Waals surface area contributed by atoms with Crippen LogP contribution in [0, 0.1) is 11.6 Å². The molecule has 0 saturated carbocycles. The largest absolute Gasteiger partial charge is 0.478 e. The lowest BCUT2D eigenvalue weighted by atomic mass is 10.1. The maximum Gasteiger partial charge on any atom is 0.337 e. The monoisotopic (exact) mass is 289 g/mol. The van der Waals surface area contributed by atoms with Crippen LogP contribution in [0.1, 0.15) is 21.7 Å². The topological polar surface area (TPSA) is 67.5 Å². The number of aromatic nitrogens is 3. The minimum absolute atomic E-state index is 0.00777. The number of carboxylic acid groups (broad SMARTS) is 1. The highest BCUT2D eigenvalue weighted by molar-refractivity contribution is 5.87. The van der Waals surface area contributed by atoms with Crippen LogP contribution in [0.2, 0.25) is 0 Å². The van der Waals surface area contributed by atoms with Crippen LogP contribution in [-0.4, -0.2) is 25.7 Å². The van der Waals surface area contributed by atoms with Crippen LogP contribution in [0.3, 0.4) is 0 Å². The van der Waals surface area contributed by atoms with Crippen molar-refractivity contribution in [3.63, 3.8) is 0 Å². The first-order chi connectivity index (χ1) is 10.1. The van der Waals surface area contributed by atoms with E-state index in [1.54, 1.807) is 0 Å². The molecule has 3 rings (SSSR count). The fraction of sp³-hybridized carbons (Fsp3) is 0.0714. The summed E-state index contributed by atoms with van der Waals surface area (Å²) in [5.41, 5.74) is 0.625. The molecule has 0 fully saturated rings. The summed E-state index contributed by atoms with van der Waals surface area (Å²) in [7, 11) is 0. The third kappa shape index (κ3) is 2.33. The van der Waals surface area contributed by atoms with Gasteiger partial charge in [0, 0.05) is 12.6 Å². The van der Waals surface area contributed by atoms with E-state index in [2.05, 4.69) is 10.2 Å². The molecule has 0 bridgehead atoms. The van der Waals surface area contributed by atoms with E-state index in [9.17, 15) is 13.6 Å². The normalized spacial score (nSPS) is 11.0. The molecule has 0 spiro atoms. The van der Waals surface area contributed by atoms with Gasteiger partial charge in [0.2, 0.25) is 0 Å². The summed E-state index contributed by atoms with van der Waals surface area (Å²) in [6, 6.07) is 6.78. The summed E-state index contributed by atoms with van der Waals surface area (Å²) in [5.74, 6) is -2.64. The standard InChI is InChI=1S/C14H9F2N3O2/c15-10-3-1-2-8(13(10)16)6-12-18-17-11-5-4-9(14(20)21)7-19(11)12/h1-5,7H,6H2,(H,20,21). The van der Waals surface area contributed by atoms with Crippen molar-refractivity contribution >= 4 is 11.6 Å². The SMILES string of the molecule is O=C(O)c1ccc2nnc(Cc3cccc(F)c3F)n2c1. The van der Waals surface area contributed by atoms with Crippen molar-refractivity contribution in [1.29, 1.82) is 0 Å². The van der Waals surface area contributed by atoms with E-state index in [-0.39, 0.29) is 17.5 Å². The molecule has 3 aromatic rings. The maximum atomic E-state index is 13.7. The zero-order valence-electron chi connectivity index (χ0n) is 10.6. The summed E-state index contributed by atoms with van der Waals surface area (Å²) in [5, 5.41) is 16.7. The van der Waals surface area contributed by atoms with E-state index in [1.165, 1.54) is 34.9 Å². The Morgan fingerprint density at radius 3 is 2.76 bits per heavy atom. The molecule has 0 saturated heterocycles. The minimum Gasteiger partial charge on any atom is -0.478 e. The lowest BCUT2D eigenvalue weighted by Gasteiger charge is -2.03. The molecule has 1 aromatic carbocycles. The number of carboxylic acids is 1. The van der Waals surface area contributed by atoms with Crippen LogP contribution in [-0.2, 0) is 6.42 Å². The molecule has 7 heteroatoms. The molecule has 0 aliphatic heterocycles. The van der Waals surface area contributed by atoms with Gasteiger partial charge < -0.3 is 5.11 Å². The summed E-state index contributed by atoms with van der Waals surface area (Å²) < 4.78 is 28.3. The number of benzene rings is 1. The summed E-state index contributed by atoms with van der Waals surface area (Å²) >= 11 is 0. The molecule has 2 heterocycles. The van der Waals surface area contributed by atoms with E-state index in [1.807, 2.05) is 0 Å². The van der Waals surface area contributed by atoms with Crippen LogP contribution in [0.4, 0.5) is 8.78 Å². The average molecular weight is 289 g/mol. The first kappa shape index (κ1) is 13.2. The summed E-state index contributed by atoms with van der Waals surface area (Å²) in [6.07, 6.45) is 1.36. The highest BCUT2D eigenvalue weighted by atomic mass is 19.2. The van der Waals surface area contributed by atoms with Gasteiger partial charge in [0.05, 0.1) is 5.56 Å². The average Bonchev–Trinajstić information content (AvgIpc) is 2.86. The molecule has 106 valence electrons. The number of nitrogens with zero attached hydrogens (tertiary/aromatic N) is 3. The predicted molar refractivity (Wildman–Crippen MR) is 69.1 cm³/mol. The molecular weight excluding hydrogens is 280 g/mol. The Bertz CT molecular complexity index is 845. The van der Waals surface area contributed by atoms with Gasteiger partial charge in [-0.05, 0) is 23.8 Å². The third-order valence-corrected chi connectivity index (χ3v) is 3.10. The number of fused-ring (bicyclic) bond motifs is 1. The fourth-order valence-corrected chi connectivity index (χ4v) is 2.04. The Morgan fingerprint density at radius 1 is 1.19 bits per heavy atom. The number of rotatable bonds is 3. The highest BCUT2D eigenvalue weighted by Crippen LogP contribution is 2.16. The fourth-order valence-electron chi connectivity index (χ4n) is 2.04. The summed E-state index contributed by atoms with van der Waals surface area (Å²) in [6.45, 7) is 0. The van der Waals surface area contributed by atoms with E-state index < -0.39 is 17.6 Å². The highest BCUT2D eigenvalue weighted by Gasteiger charge is 2.13. The van der Waals surface area contributed by atoms with Crippen molar-refractivity contribution in [2.45, 2.75) is 6.42 Å². The van der Waals surface area contributed by atoms with Crippen molar-refractivity contribution in [3.05, 3.63) is 65.1 Å². The van der Waals surface area contributed by atoms with E-state index in [4.69, 9.17) is 5.11 Å². The lowest BCUT2D eigenvalue weighted by Crippen LogP contribution is -2.03. The van der Waals surface area contributed by atoms with Crippen LogP contribution in [0.5, 0.6) is 0 Å². The molecule has 0 aliphatic carbocycles. The van der Waals surface area contributed by atoms with Gasteiger partial charge in [-0.25, -0.2) is 13.6 Å². The number of carbonyl (C=O) groups is 1. The second-order valence-electron chi connectivity index (χ2n) is 4.46. The van der Waals surface area contributed by atoms with Gasteiger partial charge in [-0.1, -0.05) is 12.1 Å². The number of pyridine rings is 1. The van der Waals surface area contributed by atoms with Crippen LogP contribution in [0.25, 0.3) is 5.65 Å². The number of hydrogen-bond donors (Lipinski definition) is 1. The molecule has 1 N–H and O–H groups in total. The second-order valence-corrected chi connectivity index (χ2v) is 4.46. The maximum absolute atomic E-state index is 13.7. The number of halogens is 2. The van der Waals surface area contributed by atoms with E-state index in [0.717, 1.165) is 6.07 Å². The first-order valence-electron chi connectivity index (χ1n) is 6.06. The molecule has 5 nitrogen and oxygen atoms in total. The first-order valence-corrected chi connectivity index (χ1v) is 6.06. The molecule has 2 aromatic heterocycles. The van der Waals surface area contributed by atoms with Gasteiger partial charge in [0.25, 0.3) is 0 Å². The van der Waals surface area contributed by atoms with Crippen molar-refractivity contribution in [3.8, 4) is 0 Å². The molecule has 0 radical (unpaired) electrons. The summed E-state index contributed by atoms with van der Waals surface area (Å²) in [4.78, 5) is 11.0. The zero-order valence-corrected chi connectivity index (χ0v) is 10.6. The molecular formula is C14H9F2N3O2. The lowest BCUT2D eigenvalue weighted by molar-refractivity contribution is 0.0696. The van der Waals surface area contributed by atoms with Gasteiger partial charge in [-0.15, -0.1) is 10.2 Å². The van der Waals surface area contributed by atoms with E-state index in [0.29, 0.717) is 11.5 Å². The Kier molecular flexibility index (Phi) is 3.09. The number of hydrogen-bond acceptors (Lipinski definition) is 3. The molecule has 0 amide bonds. The van der Waals surface area contributed by atoms with Crippen LogP contribution in [0.15, 0.2) is 36.5 Å². The number of aromatic carboxylic acids is 1. The molecule has 0 unspecified atom stereocenters. The van der Waals surface area contributed by atoms with Crippen molar-refractivity contribution < 1.29 is 18.7 Å². The minimum atomic E-state index is -1.09. The molecule has 0 atom stereocenters. The van der Waals surface area contributed by atoms with Crippen LogP contribution >= 0.6 is 0 Å². The van der Waals surface area contributed by atoms with Gasteiger partial charge in [-0.2, -0.15) is 0 Å². The smallest absolute Gasteiger partial charge is 0.337 e. The van der Waals surface area contributed by atoms with E-state index >= 15 is 0 Å². The Labute approximate surface area is 117 Å². The second kappa shape index (κ2) is 4.93. The van der Waals surface area contributed by atoms with Crippen molar-refractivity contribution in [1.82, 2.24) is 14.6 Å². The van der Waals surface area contributed by atoms with Gasteiger partial charge in [-0.3, -0.25) is 4.40 Å². The Balaban J connectivity index is 2.06. The van der Waals surface area contributed by atoms with Gasteiger partial charge in [0.15, 0.2) is 17.3 Å². The Hall–Kier alpha value is -2.83. The van der Waals surface area contributed by atoms with Crippen LogP contribution < -0.4 is 0 Å². The van der Waals surface area contributed by atoms with Crippen molar-refractivity contribution in [2.24, 2.45) is 0 Å². The third-order valence-electron chi connectivity index (χ3n) is 3.10. The zero-order chi connectivity index (χ0) is 15.0. The Morgan fingerprint density at radius 2 is 2.00 bits per heavy atom. The van der Waals surface area contributed by atoms with Gasteiger partial charge in [0.1, 0.15) is 5.82 Å². The quantitative estimate of drug-likeness (QED) is 0.803. The predicted octanol–water partition coefficient (Wildman–Crippen LogP) is 2.30. The molecule has 21 heavy (non-hydrogen) atoms. The van der Waals surface area contributed by atoms with Crippen molar-refractivity contribution in [2.75, 3.05) is 0 Å². The van der Waals surface area contributed by atoms with Gasteiger partial charge >= 0.3 is 5.97 Å².